The molecule has 1 atom stereocenters. The molecule has 0 saturated heterocycles. The van der Waals surface area contributed by atoms with Crippen molar-refractivity contribution in [3.63, 3.8) is 0 Å². The van der Waals surface area contributed by atoms with Crippen LogP contribution in [0.2, 0.25) is 0 Å². The molecule has 2 aliphatic rings. The van der Waals surface area contributed by atoms with Crippen molar-refractivity contribution in [1.82, 2.24) is 0 Å². The molecule has 1 nitrogen and oxygen atoms in total. The maximum atomic E-state index is 6.69. The summed E-state index contributed by atoms with van der Waals surface area (Å²) in [4.78, 5) is 1.48. The van der Waals surface area contributed by atoms with Crippen molar-refractivity contribution in [2.75, 3.05) is 0 Å². The lowest BCUT2D eigenvalue weighted by Gasteiger charge is -2.35. The normalized spacial score (nSPS) is 26.8. The van der Waals surface area contributed by atoms with Gasteiger partial charge in [0.1, 0.15) is 0 Å². The highest BCUT2D eigenvalue weighted by Crippen LogP contribution is 2.44. The maximum Gasteiger partial charge on any atom is 0.0412 e. The molecule has 1 unspecified atom stereocenters. The molecule has 3 rings (SSSR count). The molecule has 1 fully saturated rings. The predicted octanol–water partition coefficient (Wildman–Crippen LogP) is 3.84. The van der Waals surface area contributed by atoms with Gasteiger partial charge >= 0.3 is 0 Å². The molecule has 17 heavy (non-hydrogen) atoms. The van der Waals surface area contributed by atoms with Crippen LogP contribution in [-0.4, -0.2) is 5.25 Å². The molecule has 92 valence electrons. The van der Waals surface area contributed by atoms with Gasteiger partial charge in [-0.05, 0) is 36.5 Å². The minimum atomic E-state index is -0.0335. The molecule has 1 saturated carbocycles. The number of fused-ring (bicyclic) bond motifs is 1. The summed E-state index contributed by atoms with van der Waals surface area (Å²) in [6.07, 6.45) is 7.49. The largest absolute Gasteiger partial charge is 0.321 e. The van der Waals surface area contributed by atoms with Crippen LogP contribution in [0.1, 0.15) is 50.2 Å². The number of hydrogen-bond donors (Lipinski definition) is 1. The fraction of sp³-hybridized carbons (Fsp3) is 0.600. The maximum absolute atomic E-state index is 6.69. The summed E-state index contributed by atoms with van der Waals surface area (Å²) in [6.45, 7) is 2.32. The van der Waals surface area contributed by atoms with Gasteiger partial charge in [0.15, 0.2) is 0 Å². The first-order chi connectivity index (χ1) is 8.19. The zero-order chi connectivity index (χ0) is 11.9. The quantitative estimate of drug-likeness (QED) is 0.816. The molecule has 1 aliphatic carbocycles. The fourth-order valence-electron chi connectivity index (χ4n) is 3.35. The summed E-state index contributed by atoms with van der Waals surface area (Å²) in [5, 5.41) is 0.721. The van der Waals surface area contributed by atoms with Crippen molar-refractivity contribution in [1.29, 1.82) is 0 Å². The highest BCUT2D eigenvalue weighted by molar-refractivity contribution is 8.00. The van der Waals surface area contributed by atoms with Crippen LogP contribution < -0.4 is 5.73 Å². The highest BCUT2D eigenvalue weighted by atomic mass is 32.2. The van der Waals surface area contributed by atoms with Crippen LogP contribution in [-0.2, 0) is 12.0 Å². The van der Waals surface area contributed by atoms with Gasteiger partial charge in [-0.2, -0.15) is 0 Å². The summed E-state index contributed by atoms with van der Waals surface area (Å²) < 4.78 is 0. The molecule has 1 aliphatic heterocycles. The topological polar surface area (TPSA) is 26.0 Å². The van der Waals surface area contributed by atoms with Gasteiger partial charge in [0, 0.05) is 15.7 Å². The Hall–Kier alpha value is -0.470. The summed E-state index contributed by atoms with van der Waals surface area (Å²) in [7, 11) is 0. The minimum absolute atomic E-state index is 0.0335. The first-order valence-corrected chi connectivity index (χ1v) is 7.65. The molecule has 1 aromatic rings. The molecule has 0 amide bonds. The van der Waals surface area contributed by atoms with E-state index in [2.05, 4.69) is 25.1 Å². The Bertz CT molecular complexity index is 421. The Morgan fingerprint density at radius 1 is 1.24 bits per heavy atom. The Balaban J connectivity index is 2.01. The third-order valence-corrected chi connectivity index (χ3v) is 5.44. The lowest BCUT2D eigenvalue weighted by Crippen LogP contribution is -2.39. The number of nitrogens with two attached hydrogens (primary N) is 1. The molecule has 2 heteroatoms. The number of hydrogen-bond acceptors (Lipinski definition) is 2. The average Bonchev–Trinajstić information content (AvgIpc) is 2.69. The second kappa shape index (κ2) is 4.33. The number of benzene rings is 1. The SMILES string of the molecule is CC1Cc2c(cccc2C2(N)CCCCC2)S1. The first-order valence-electron chi connectivity index (χ1n) is 6.77. The van der Waals surface area contributed by atoms with Crippen LogP contribution in [0.25, 0.3) is 0 Å². The fourth-order valence-corrected chi connectivity index (χ4v) is 4.53. The molecule has 0 bridgehead atoms. The lowest BCUT2D eigenvalue weighted by atomic mass is 9.75. The smallest absolute Gasteiger partial charge is 0.0412 e. The zero-order valence-electron chi connectivity index (χ0n) is 10.5. The summed E-state index contributed by atoms with van der Waals surface area (Å²) in [5.74, 6) is 0. The molecule has 0 aromatic heterocycles. The summed E-state index contributed by atoms with van der Waals surface area (Å²) >= 11 is 2.01. The number of thioether (sulfide) groups is 1. The zero-order valence-corrected chi connectivity index (χ0v) is 11.4. The van der Waals surface area contributed by atoms with E-state index in [1.165, 1.54) is 49.0 Å². The Kier molecular flexibility index (Phi) is 2.95. The van der Waals surface area contributed by atoms with Gasteiger partial charge in [0.05, 0.1) is 0 Å². The van der Waals surface area contributed by atoms with Crippen molar-refractivity contribution < 1.29 is 0 Å². The Labute approximate surface area is 108 Å². The van der Waals surface area contributed by atoms with E-state index in [0.717, 1.165) is 5.25 Å². The van der Waals surface area contributed by atoms with E-state index >= 15 is 0 Å². The third-order valence-electron chi connectivity index (χ3n) is 4.23. The van der Waals surface area contributed by atoms with E-state index in [9.17, 15) is 0 Å². The molecular weight excluding hydrogens is 226 g/mol. The minimum Gasteiger partial charge on any atom is -0.321 e. The van der Waals surface area contributed by atoms with Crippen molar-refractivity contribution in [2.45, 2.75) is 61.1 Å². The van der Waals surface area contributed by atoms with Crippen LogP contribution >= 0.6 is 11.8 Å². The van der Waals surface area contributed by atoms with Crippen molar-refractivity contribution in [2.24, 2.45) is 5.73 Å². The van der Waals surface area contributed by atoms with Crippen molar-refractivity contribution in [3.05, 3.63) is 29.3 Å². The molecular formula is C15H21NS. The number of rotatable bonds is 1. The first kappa shape index (κ1) is 11.6. The highest BCUT2D eigenvalue weighted by Gasteiger charge is 2.34. The van der Waals surface area contributed by atoms with E-state index < -0.39 is 0 Å². The molecule has 0 spiro atoms. The van der Waals surface area contributed by atoms with E-state index in [0.29, 0.717) is 0 Å². The van der Waals surface area contributed by atoms with Gasteiger partial charge in [0.2, 0.25) is 0 Å². The standard InChI is InChI=1S/C15H21NS/c1-11-10-12-13(6-5-7-14(12)17-11)15(16)8-3-2-4-9-15/h5-7,11H,2-4,8-10,16H2,1H3. The van der Waals surface area contributed by atoms with E-state index in [-0.39, 0.29) is 5.54 Å². The average molecular weight is 247 g/mol. The van der Waals surface area contributed by atoms with Crippen LogP contribution in [0.4, 0.5) is 0 Å². The van der Waals surface area contributed by atoms with Gasteiger partial charge in [-0.3, -0.25) is 0 Å². The molecule has 0 radical (unpaired) electrons. The van der Waals surface area contributed by atoms with E-state index in [1.807, 2.05) is 11.8 Å². The lowest BCUT2D eigenvalue weighted by molar-refractivity contribution is 0.300. The molecule has 2 N–H and O–H groups in total. The monoisotopic (exact) mass is 247 g/mol. The molecule has 1 heterocycles. The Morgan fingerprint density at radius 3 is 2.76 bits per heavy atom. The second-order valence-corrected chi connectivity index (χ2v) is 7.11. The van der Waals surface area contributed by atoms with Crippen LogP contribution in [0, 0.1) is 0 Å². The summed E-state index contributed by atoms with van der Waals surface area (Å²) in [5.41, 5.74) is 9.66. The van der Waals surface area contributed by atoms with Crippen molar-refractivity contribution >= 4 is 11.8 Å². The predicted molar refractivity (Wildman–Crippen MR) is 74.4 cm³/mol. The Morgan fingerprint density at radius 2 is 2.00 bits per heavy atom. The van der Waals surface area contributed by atoms with Gasteiger partial charge in [-0.25, -0.2) is 0 Å². The second-order valence-electron chi connectivity index (χ2n) is 5.63. The third kappa shape index (κ3) is 2.02. The van der Waals surface area contributed by atoms with Crippen LogP contribution in [0.5, 0.6) is 0 Å². The van der Waals surface area contributed by atoms with Gasteiger partial charge in [-0.15, -0.1) is 11.8 Å². The van der Waals surface area contributed by atoms with Crippen LogP contribution in [0.3, 0.4) is 0 Å². The van der Waals surface area contributed by atoms with E-state index in [1.54, 1.807) is 5.56 Å². The van der Waals surface area contributed by atoms with E-state index in [4.69, 9.17) is 5.73 Å². The van der Waals surface area contributed by atoms with Gasteiger partial charge in [-0.1, -0.05) is 38.3 Å². The summed E-state index contributed by atoms with van der Waals surface area (Å²) in [6, 6.07) is 6.74. The van der Waals surface area contributed by atoms with Crippen LogP contribution in [0.15, 0.2) is 23.1 Å². The van der Waals surface area contributed by atoms with Crippen molar-refractivity contribution in [3.8, 4) is 0 Å². The van der Waals surface area contributed by atoms with Gasteiger partial charge < -0.3 is 5.73 Å². The molecule has 1 aromatic carbocycles. The van der Waals surface area contributed by atoms with Gasteiger partial charge in [0.25, 0.3) is 0 Å².